The lowest BCUT2D eigenvalue weighted by Crippen LogP contribution is -2.14. The first-order valence-electron chi connectivity index (χ1n) is 6.07. The maximum absolute atomic E-state index is 11.0. The van der Waals surface area contributed by atoms with Crippen LogP contribution in [0.15, 0.2) is 24.3 Å². The van der Waals surface area contributed by atoms with Crippen LogP contribution in [-0.4, -0.2) is 34.7 Å². The summed E-state index contributed by atoms with van der Waals surface area (Å²) in [5.41, 5.74) is 6.55. The highest BCUT2D eigenvalue weighted by Crippen LogP contribution is 2.27. The lowest BCUT2D eigenvalue weighted by Gasteiger charge is -2.14. The van der Waals surface area contributed by atoms with Crippen LogP contribution >= 0.6 is 0 Å². The number of ether oxygens (including phenoxy) is 1. The summed E-state index contributed by atoms with van der Waals surface area (Å²) in [6, 6.07) is 5.34. The fourth-order valence-corrected chi connectivity index (χ4v) is 1.56. The second-order valence-corrected chi connectivity index (χ2v) is 4.09. The molecule has 1 aliphatic heterocycles. The summed E-state index contributed by atoms with van der Waals surface area (Å²) in [5.74, 6) is -2.01. The van der Waals surface area contributed by atoms with Gasteiger partial charge < -0.3 is 20.7 Å². The molecule has 7 heteroatoms. The molecule has 112 valence electrons. The van der Waals surface area contributed by atoms with E-state index in [4.69, 9.17) is 20.7 Å². The molecule has 1 aliphatic rings. The van der Waals surface area contributed by atoms with Gasteiger partial charge >= 0.3 is 11.9 Å². The summed E-state index contributed by atoms with van der Waals surface area (Å²) in [4.78, 5) is 30.3. The fraction of sp³-hybridized carbons (Fsp3) is 0.214. The van der Waals surface area contributed by atoms with Crippen molar-refractivity contribution in [3.63, 3.8) is 0 Å². The number of carboxylic acids is 2. The predicted molar refractivity (Wildman–Crippen MR) is 74.0 cm³/mol. The molecule has 2 rings (SSSR count). The maximum atomic E-state index is 11.0. The number of fused-ring (bicyclic) bond motifs is 1. The van der Waals surface area contributed by atoms with Crippen molar-refractivity contribution in [1.82, 2.24) is 0 Å². The largest absolute Gasteiger partial charge is 0.488 e. The number of hydrogen-bond acceptors (Lipinski definition) is 4. The lowest BCUT2D eigenvalue weighted by atomic mass is 10.1. The Labute approximate surface area is 120 Å². The molecule has 0 atom stereocenters. The first-order chi connectivity index (χ1) is 9.91. The summed E-state index contributed by atoms with van der Waals surface area (Å²) in [6.07, 6.45) is 3.23. The Morgan fingerprint density at radius 2 is 1.76 bits per heavy atom. The number of nitrogens with two attached hydrogens (primary N) is 1. The Kier molecular flexibility index (Phi) is 5.94. The highest BCUT2D eigenvalue weighted by Gasteiger charge is 2.13. The van der Waals surface area contributed by atoms with E-state index in [9.17, 15) is 14.4 Å². The van der Waals surface area contributed by atoms with Crippen LogP contribution in [-0.2, 0) is 9.59 Å². The lowest BCUT2D eigenvalue weighted by molar-refractivity contribution is -0.143. The van der Waals surface area contributed by atoms with Crippen molar-refractivity contribution in [3.05, 3.63) is 35.4 Å². The van der Waals surface area contributed by atoms with Crippen LogP contribution in [0.4, 0.5) is 0 Å². The van der Waals surface area contributed by atoms with Crippen molar-refractivity contribution in [2.24, 2.45) is 5.73 Å². The van der Waals surface area contributed by atoms with E-state index in [1.807, 2.05) is 18.2 Å². The van der Waals surface area contributed by atoms with Crippen molar-refractivity contribution < 1.29 is 29.3 Å². The van der Waals surface area contributed by atoms with Crippen LogP contribution in [0.5, 0.6) is 5.75 Å². The van der Waals surface area contributed by atoms with Gasteiger partial charge in [0.2, 0.25) is 0 Å². The molecule has 0 aliphatic carbocycles. The van der Waals surface area contributed by atoms with Crippen molar-refractivity contribution >= 4 is 23.9 Å². The molecular formula is C14H15NO6. The number of carbonyl (C=O) groups is 3. The smallest absolute Gasteiger partial charge is 0.303 e. The van der Waals surface area contributed by atoms with E-state index in [-0.39, 0.29) is 12.8 Å². The Morgan fingerprint density at radius 1 is 1.14 bits per heavy atom. The van der Waals surface area contributed by atoms with Gasteiger partial charge in [0.05, 0.1) is 18.4 Å². The van der Waals surface area contributed by atoms with Gasteiger partial charge in [0.1, 0.15) is 12.4 Å². The molecular weight excluding hydrogens is 278 g/mol. The number of hydrogen-bond donors (Lipinski definition) is 3. The van der Waals surface area contributed by atoms with E-state index in [0.717, 1.165) is 5.56 Å². The molecule has 0 bridgehead atoms. The monoisotopic (exact) mass is 293 g/mol. The topological polar surface area (TPSA) is 127 Å². The highest BCUT2D eigenvalue weighted by molar-refractivity contribution is 5.97. The van der Waals surface area contributed by atoms with Gasteiger partial charge in [-0.05, 0) is 12.1 Å². The zero-order valence-electron chi connectivity index (χ0n) is 11.1. The van der Waals surface area contributed by atoms with E-state index in [2.05, 4.69) is 0 Å². The van der Waals surface area contributed by atoms with E-state index in [1.165, 1.54) is 0 Å². The summed E-state index contributed by atoms with van der Waals surface area (Å²) < 4.78 is 5.33. The molecule has 1 aromatic rings. The number of rotatable bonds is 4. The van der Waals surface area contributed by atoms with Crippen molar-refractivity contribution in [1.29, 1.82) is 0 Å². The Hall–Kier alpha value is -2.83. The van der Waals surface area contributed by atoms with E-state index >= 15 is 0 Å². The number of benzene rings is 1. The van der Waals surface area contributed by atoms with Gasteiger partial charge in [0, 0.05) is 5.56 Å². The van der Waals surface area contributed by atoms with Gasteiger partial charge in [-0.2, -0.15) is 0 Å². The zero-order chi connectivity index (χ0) is 15.8. The minimum absolute atomic E-state index is 0.296. The standard InChI is InChI=1S/C10H9NO2.C4H6O4/c11-10(12)8-5-1-3-7-4-2-6-13-9(7)8;5-3(6)1-2-4(7)8/h1-5H,6H2,(H2,11,12);1-2H2,(H,5,6)(H,7,8). The normalized spacial score (nSPS) is 11.4. The number of para-hydroxylation sites is 1. The quantitative estimate of drug-likeness (QED) is 0.763. The van der Waals surface area contributed by atoms with Crippen LogP contribution in [0, 0.1) is 0 Å². The van der Waals surface area contributed by atoms with Gasteiger partial charge in [-0.1, -0.05) is 18.2 Å². The third-order valence-electron chi connectivity index (χ3n) is 2.48. The number of carbonyl (C=O) groups excluding carboxylic acids is 1. The molecule has 0 saturated heterocycles. The van der Waals surface area contributed by atoms with E-state index in [1.54, 1.807) is 12.1 Å². The van der Waals surface area contributed by atoms with Crippen molar-refractivity contribution in [2.45, 2.75) is 12.8 Å². The molecule has 0 spiro atoms. The van der Waals surface area contributed by atoms with Gasteiger partial charge in [0.25, 0.3) is 5.91 Å². The van der Waals surface area contributed by atoms with Crippen LogP contribution in [0.25, 0.3) is 6.08 Å². The summed E-state index contributed by atoms with van der Waals surface area (Å²) in [6.45, 7) is 0.497. The van der Waals surface area contributed by atoms with E-state index in [0.29, 0.717) is 17.9 Å². The maximum Gasteiger partial charge on any atom is 0.303 e. The van der Waals surface area contributed by atoms with Crippen LogP contribution in [0.3, 0.4) is 0 Å². The number of aliphatic carboxylic acids is 2. The molecule has 0 saturated carbocycles. The molecule has 1 amide bonds. The third-order valence-corrected chi connectivity index (χ3v) is 2.48. The number of amides is 1. The highest BCUT2D eigenvalue weighted by atomic mass is 16.5. The second-order valence-electron chi connectivity index (χ2n) is 4.09. The van der Waals surface area contributed by atoms with Crippen molar-refractivity contribution in [2.75, 3.05) is 6.61 Å². The van der Waals surface area contributed by atoms with Gasteiger partial charge in [0.15, 0.2) is 0 Å². The summed E-state index contributed by atoms with van der Waals surface area (Å²) >= 11 is 0. The average Bonchev–Trinajstić information content (AvgIpc) is 2.45. The van der Waals surface area contributed by atoms with Crippen molar-refractivity contribution in [3.8, 4) is 5.75 Å². The molecule has 1 aromatic carbocycles. The predicted octanol–water partition coefficient (Wildman–Crippen LogP) is 1.13. The third kappa shape index (κ3) is 5.35. The van der Waals surface area contributed by atoms with Gasteiger partial charge in [-0.3, -0.25) is 14.4 Å². The Balaban J connectivity index is 0.000000240. The van der Waals surface area contributed by atoms with Crippen LogP contribution in [0.2, 0.25) is 0 Å². The molecule has 21 heavy (non-hydrogen) atoms. The average molecular weight is 293 g/mol. The van der Waals surface area contributed by atoms with Crippen LogP contribution < -0.4 is 10.5 Å². The first-order valence-corrected chi connectivity index (χ1v) is 6.07. The first kappa shape index (κ1) is 16.2. The Bertz CT molecular complexity index is 565. The number of primary amides is 1. The zero-order valence-corrected chi connectivity index (χ0v) is 11.1. The van der Waals surface area contributed by atoms with E-state index < -0.39 is 17.8 Å². The minimum atomic E-state index is -1.08. The molecule has 1 heterocycles. The second kappa shape index (κ2) is 7.68. The van der Waals surface area contributed by atoms with Gasteiger partial charge in [-0.25, -0.2) is 0 Å². The molecule has 0 aromatic heterocycles. The summed E-state index contributed by atoms with van der Waals surface area (Å²) in [7, 11) is 0. The Morgan fingerprint density at radius 3 is 2.29 bits per heavy atom. The number of carboxylic acid groups (broad SMARTS) is 2. The SMILES string of the molecule is NC(=O)c1cccc2c1OCC=C2.O=C(O)CCC(=O)O. The minimum Gasteiger partial charge on any atom is -0.488 e. The fourth-order valence-electron chi connectivity index (χ4n) is 1.56. The molecule has 0 fully saturated rings. The molecule has 0 unspecified atom stereocenters. The molecule has 0 radical (unpaired) electrons. The summed E-state index contributed by atoms with van der Waals surface area (Å²) in [5, 5.41) is 15.8. The molecule has 4 N–H and O–H groups in total. The molecule has 7 nitrogen and oxygen atoms in total. The van der Waals surface area contributed by atoms with Crippen LogP contribution in [0.1, 0.15) is 28.8 Å². The van der Waals surface area contributed by atoms with Gasteiger partial charge in [-0.15, -0.1) is 0 Å².